The number of rotatable bonds is 2. The van der Waals surface area contributed by atoms with Gasteiger partial charge in [-0.15, -0.1) is 0 Å². The van der Waals surface area contributed by atoms with E-state index in [4.69, 9.17) is 9.47 Å². The first-order valence-electron chi connectivity index (χ1n) is 7.72. The van der Waals surface area contributed by atoms with Crippen LogP contribution in [0, 0.1) is 0 Å². The van der Waals surface area contributed by atoms with Crippen molar-refractivity contribution in [2.45, 2.75) is 26.2 Å². The number of carbonyl (C=O) groups is 2. The summed E-state index contributed by atoms with van der Waals surface area (Å²) in [4.78, 5) is 23.6. The number of ether oxygens (including phenoxy) is 2. The fraction of sp³-hybridized carbons (Fsp3) is 0.263. The lowest BCUT2D eigenvalue weighted by molar-refractivity contribution is -0.118. The quantitative estimate of drug-likeness (QED) is 0.677. The second kappa shape index (κ2) is 6.00. The molecule has 0 aliphatic carbocycles. The Morgan fingerprint density at radius 1 is 1.12 bits per heavy atom. The average molecular weight is 325 g/mol. The lowest BCUT2D eigenvalue weighted by atomic mass is 9.87. The van der Waals surface area contributed by atoms with E-state index in [2.05, 4.69) is 26.1 Å². The summed E-state index contributed by atoms with van der Waals surface area (Å²) in [5.74, 6) is 0.232. The largest absolute Gasteiger partial charge is 0.482 e. The molecule has 2 aromatic carbocycles. The molecule has 24 heavy (non-hydrogen) atoms. The van der Waals surface area contributed by atoms with Gasteiger partial charge in [0.05, 0.1) is 11.3 Å². The minimum atomic E-state index is -0.446. The van der Waals surface area contributed by atoms with Crippen LogP contribution in [0.4, 0.5) is 5.69 Å². The van der Waals surface area contributed by atoms with Crippen LogP contribution in [0.1, 0.15) is 36.7 Å². The molecule has 5 heteroatoms. The minimum Gasteiger partial charge on any atom is -0.482 e. The van der Waals surface area contributed by atoms with Crippen LogP contribution in [0.2, 0.25) is 0 Å². The molecule has 1 aliphatic rings. The molecular formula is C19H19NO4. The number of hydrogen-bond acceptors (Lipinski definition) is 4. The Hall–Kier alpha value is -2.82. The van der Waals surface area contributed by atoms with Crippen LogP contribution < -0.4 is 14.8 Å². The van der Waals surface area contributed by atoms with Crippen LogP contribution >= 0.6 is 0 Å². The average Bonchev–Trinajstić information content (AvgIpc) is 2.53. The van der Waals surface area contributed by atoms with E-state index in [0.717, 1.165) is 5.56 Å². The SMILES string of the molecule is CC(C)(C)c1ccc(C(=O)Oc2ccc3c(c2)NC(=O)CO3)cc1. The smallest absolute Gasteiger partial charge is 0.343 e. The maximum Gasteiger partial charge on any atom is 0.343 e. The van der Waals surface area contributed by atoms with Gasteiger partial charge < -0.3 is 14.8 Å². The fourth-order valence-corrected chi connectivity index (χ4v) is 2.40. The topological polar surface area (TPSA) is 64.6 Å². The highest BCUT2D eigenvalue weighted by atomic mass is 16.5. The van der Waals surface area contributed by atoms with Crippen molar-refractivity contribution in [2.75, 3.05) is 11.9 Å². The van der Waals surface area contributed by atoms with E-state index in [9.17, 15) is 9.59 Å². The normalized spacial score (nSPS) is 13.5. The van der Waals surface area contributed by atoms with Gasteiger partial charge in [0, 0.05) is 6.07 Å². The van der Waals surface area contributed by atoms with E-state index in [1.807, 2.05) is 12.1 Å². The lowest BCUT2D eigenvalue weighted by Gasteiger charge is -2.19. The molecule has 0 atom stereocenters. The molecule has 0 saturated heterocycles. The van der Waals surface area contributed by atoms with Crippen molar-refractivity contribution >= 4 is 17.6 Å². The number of anilines is 1. The van der Waals surface area contributed by atoms with Crippen molar-refractivity contribution in [2.24, 2.45) is 0 Å². The van der Waals surface area contributed by atoms with Crippen LogP contribution in [0.25, 0.3) is 0 Å². The van der Waals surface area contributed by atoms with Gasteiger partial charge >= 0.3 is 5.97 Å². The van der Waals surface area contributed by atoms with Gasteiger partial charge in [0.1, 0.15) is 11.5 Å². The first-order chi connectivity index (χ1) is 11.3. The third-order valence-corrected chi connectivity index (χ3v) is 3.78. The summed E-state index contributed by atoms with van der Waals surface area (Å²) in [6.45, 7) is 6.34. The number of benzene rings is 2. The van der Waals surface area contributed by atoms with Crippen molar-refractivity contribution in [1.29, 1.82) is 0 Å². The Labute approximate surface area is 140 Å². The molecule has 2 aromatic rings. The van der Waals surface area contributed by atoms with Crippen molar-refractivity contribution in [3.8, 4) is 11.5 Å². The molecule has 1 N–H and O–H groups in total. The van der Waals surface area contributed by atoms with E-state index >= 15 is 0 Å². The van der Waals surface area contributed by atoms with Crippen molar-refractivity contribution < 1.29 is 19.1 Å². The van der Waals surface area contributed by atoms with Gasteiger partial charge in [-0.3, -0.25) is 4.79 Å². The fourth-order valence-electron chi connectivity index (χ4n) is 2.40. The lowest BCUT2D eigenvalue weighted by Crippen LogP contribution is -2.25. The van der Waals surface area contributed by atoms with Crippen LogP contribution in [0.3, 0.4) is 0 Å². The highest BCUT2D eigenvalue weighted by Gasteiger charge is 2.18. The maximum absolute atomic E-state index is 12.3. The number of carbonyl (C=O) groups excluding carboxylic acids is 2. The number of esters is 1. The zero-order valence-corrected chi connectivity index (χ0v) is 13.9. The van der Waals surface area contributed by atoms with Crippen LogP contribution in [0.5, 0.6) is 11.5 Å². The molecule has 5 nitrogen and oxygen atoms in total. The van der Waals surface area contributed by atoms with E-state index < -0.39 is 5.97 Å². The third kappa shape index (κ3) is 3.40. The van der Waals surface area contributed by atoms with E-state index in [0.29, 0.717) is 22.7 Å². The minimum absolute atomic E-state index is 0.00768. The van der Waals surface area contributed by atoms with Crippen LogP contribution in [0.15, 0.2) is 42.5 Å². The molecule has 1 heterocycles. The number of nitrogens with one attached hydrogen (secondary N) is 1. The van der Waals surface area contributed by atoms with E-state index in [1.54, 1.807) is 30.3 Å². The highest BCUT2D eigenvalue weighted by molar-refractivity contribution is 5.96. The summed E-state index contributed by atoms with van der Waals surface area (Å²) in [7, 11) is 0. The molecule has 124 valence electrons. The molecule has 1 aliphatic heterocycles. The Balaban J connectivity index is 1.75. The van der Waals surface area contributed by atoms with E-state index in [1.165, 1.54) is 0 Å². The Bertz CT molecular complexity index is 788. The monoisotopic (exact) mass is 325 g/mol. The molecule has 0 saturated carbocycles. The zero-order valence-electron chi connectivity index (χ0n) is 13.9. The molecule has 0 fully saturated rings. The zero-order chi connectivity index (χ0) is 17.3. The predicted molar refractivity (Wildman–Crippen MR) is 90.7 cm³/mol. The molecule has 0 aromatic heterocycles. The van der Waals surface area contributed by atoms with Crippen molar-refractivity contribution in [3.05, 3.63) is 53.6 Å². The summed E-state index contributed by atoms with van der Waals surface area (Å²) in [6, 6.07) is 12.2. The van der Waals surface area contributed by atoms with Gasteiger partial charge in [-0.05, 0) is 35.2 Å². The molecule has 3 rings (SSSR count). The summed E-state index contributed by atoms with van der Waals surface area (Å²) < 4.78 is 10.7. The van der Waals surface area contributed by atoms with Gasteiger partial charge in [0.2, 0.25) is 0 Å². The van der Waals surface area contributed by atoms with Gasteiger partial charge in [0.15, 0.2) is 6.61 Å². The first kappa shape index (κ1) is 16.1. The second-order valence-corrected chi connectivity index (χ2v) is 6.71. The Morgan fingerprint density at radius 3 is 2.50 bits per heavy atom. The van der Waals surface area contributed by atoms with Gasteiger partial charge in [-0.25, -0.2) is 4.79 Å². The summed E-state index contributed by atoms with van der Waals surface area (Å²) in [6.07, 6.45) is 0. The molecule has 0 unspecified atom stereocenters. The van der Waals surface area contributed by atoms with Crippen LogP contribution in [-0.2, 0) is 10.2 Å². The number of amides is 1. The summed E-state index contributed by atoms with van der Waals surface area (Å²) >= 11 is 0. The Morgan fingerprint density at radius 2 is 1.83 bits per heavy atom. The number of fused-ring (bicyclic) bond motifs is 1. The second-order valence-electron chi connectivity index (χ2n) is 6.71. The van der Waals surface area contributed by atoms with Gasteiger partial charge in [0.25, 0.3) is 5.91 Å². The van der Waals surface area contributed by atoms with Gasteiger partial charge in [-0.2, -0.15) is 0 Å². The first-order valence-corrected chi connectivity index (χ1v) is 7.72. The molecule has 0 radical (unpaired) electrons. The summed E-state index contributed by atoms with van der Waals surface area (Å²) in [5, 5.41) is 2.68. The maximum atomic E-state index is 12.3. The van der Waals surface area contributed by atoms with Crippen LogP contribution in [-0.4, -0.2) is 18.5 Å². The highest BCUT2D eigenvalue weighted by Crippen LogP contribution is 2.31. The predicted octanol–water partition coefficient (Wildman–Crippen LogP) is 3.53. The van der Waals surface area contributed by atoms with Crippen molar-refractivity contribution in [1.82, 2.24) is 0 Å². The van der Waals surface area contributed by atoms with Gasteiger partial charge in [-0.1, -0.05) is 32.9 Å². The molecule has 1 amide bonds. The van der Waals surface area contributed by atoms with Crippen molar-refractivity contribution in [3.63, 3.8) is 0 Å². The Kier molecular flexibility index (Phi) is 4.01. The molecule has 0 bridgehead atoms. The molecular weight excluding hydrogens is 306 g/mol. The third-order valence-electron chi connectivity index (χ3n) is 3.78. The standard InChI is InChI=1S/C19H19NO4/c1-19(2,3)13-6-4-12(5-7-13)18(22)24-14-8-9-16-15(10-14)20-17(21)11-23-16/h4-10H,11H2,1-3H3,(H,20,21). The summed E-state index contributed by atoms with van der Waals surface area (Å²) in [5.41, 5.74) is 2.15. The van der Waals surface area contributed by atoms with E-state index in [-0.39, 0.29) is 17.9 Å². The molecule has 0 spiro atoms. The number of hydrogen-bond donors (Lipinski definition) is 1.